The van der Waals surface area contributed by atoms with Gasteiger partial charge in [0.25, 0.3) is 0 Å². The Balaban J connectivity index is 1.63. The third kappa shape index (κ3) is 6.67. The van der Waals surface area contributed by atoms with E-state index < -0.39 is 5.60 Å². The van der Waals surface area contributed by atoms with Crippen molar-refractivity contribution >= 4 is 0 Å². The minimum atomic E-state index is -1.28. The molecule has 0 fully saturated rings. The smallest absolute Gasteiger partial charge is 0.163 e. The van der Waals surface area contributed by atoms with E-state index in [1.165, 1.54) is 11.1 Å². The fraction of sp³-hybridized carbons (Fsp3) is 0.161. The van der Waals surface area contributed by atoms with E-state index >= 15 is 0 Å². The van der Waals surface area contributed by atoms with Gasteiger partial charge in [0.2, 0.25) is 0 Å². The minimum Gasteiger partial charge on any atom is -0.372 e. The molecule has 0 saturated carbocycles. The summed E-state index contributed by atoms with van der Waals surface area (Å²) in [5.74, 6) is 6.47. The monoisotopic (exact) mass is 431 g/mol. The van der Waals surface area contributed by atoms with Crippen LogP contribution in [0.3, 0.4) is 0 Å². The molecule has 0 bridgehead atoms. The van der Waals surface area contributed by atoms with Gasteiger partial charge in [0, 0.05) is 26.1 Å². The zero-order valence-electron chi connectivity index (χ0n) is 18.8. The van der Waals surface area contributed by atoms with Gasteiger partial charge in [-0.05, 0) is 22.3 Å². The van der Waals surface area contributed by atoms with Crippen molar-refractivity contribution in [1.29, 1.82) is 0 Å². The summed E-state index contributed by atoms with van der Waals surface area (Å²) in [6.07, 6.45) is 0.605. The molecule has 0 amide bonds. The van der Waals surface area contributed by atoms with E-state index in [4.69, 9.17) is 0 Å². The van der Waals surface area contributed by atoms with Crippen LogP contribution in [0.2, 0.25) is 0 Å². The van der Waals surface area contributed by atoms with Crippen LogP contribution < -0.4 is 0 Å². The molecule has 0 radical (unpaired) electrons. The van der Waals surface area contributed by atoms with Gasteiger partial charge in [-0.3, -0.25) is 4.90 Å². The summed E-state index contributed by atoms with van der Waals surface area (Å²) in [7, 11) is 0. The second-order valence-corrected chi connectivity index (χ2v) is 8.31. The Morgan fingerprint density at radius 3 is 1.48 bits per heavy atom. The van der Waals surface area contributed by atoms with Crippen LogP contribution in [0.4, 0.5) is 0 Å². The van der Waals surface area contributed by atoms with Gasteiger partial charge >= 0.3 is 0 Å². The first kappa shape index (κ1) is 22.6. The van der Waals surface area contributed by atoms with Gasteiger partial charge in [0.15, 0.2) is 5.60 Å². The molecule has 164 valence electrons. The first-order chi connectivity index (χ1) is 16.2. The third-order valence-corrected chi connectivity index (χ3v) is 5.63. The van der Waals surface area contributed by atoms with Gasteiger partial charge in [-0.25, -0.2) is 0 Å². The number of nitrogens with zero attached hydrogens (tertiary/aromatic N) is 1. The highest BCUT2D eigenvalue weighted by atomic mass is 16.3. The zero-order valence-corrected chi connectivity index (χ0v) is 18.8. The Bertz CT molecular complexity index is 1120. The van der Waals surface area contributed by atoms with Crippen LogP contribution in [-0.4, -0.2) is 16.6 Å². The predicted molar refractivity (Wildman–Crippen MR) is 135 cm³/mol. The van der Waals surface area contributed by atoms with Crippen molar-refractivity contribution in [3.05, 3.63) is 144 Å². The van der Waals surface area contributed by atoms with E-state index in [-0.39, 0.29) is 0 Å². The molecular weight excluding hydrogens is 402 g/mol. The molecule has 0 aliphatic heterocycles. The van der Waals surface area contributed by atoms with Crippen LogP contribution >= 0.6 is 0 Å². The fourth-order valence-electron chi connectivity index (χ4n) is 3.98. The lowest BCUT2D eigenvalue weighted by atomic mass is 9.92. The molecule has 1 atom stereocenters. The van der Waals surface area contributed by atoms with Crippen LogP contribution in [0, 0.1) is 11.8 Å². The molecule has 0 saturated heterocycles. The zero-order chi connectivity index (χ0) is 22.8. The van der Waals surface area contributed by atoms with E-state index in [0.717, 1.165) is 24.2 Å². The van der Waals surface area contributed by atoms with Crippen LogP contribution in [0.5, 0.6) is 0 Å². The summed E-state index contributed by atoms with van der Waals surface area (Å²) in [6.45, 7) is 1.86. The first-order valence-corrected chi connectivity index (χ1v) is 11.3. The molecule has 4 aromatic rings. The second-order valence-electron chi connectivity index (χ2n) is 8.31. The maximum Gasteiger partial charge on any atom is 0.163 e. The van der Waals surface area contributed by atoms with E-state index in [1.807, 2.05) is 60.7 Å². The molecule has 1 unspecified atom stereocenters. The number of hydrogen-bond acceptors (Lipinski definition) is 2. The standard InChI is InChI=1S/C31H29NO/c33-31(30-21-11-4-12-22-30,23-13-20-27-14-5-1-6-15-27)26-32(24-28-16-7-2-8-17-28)25-29-18-9-3-10-19-29/h1-12,14-19,21-22,33H,20,24-26H2. The van der Waals surface area contributed by atoms with Gasteiger partial charge in [-0.1, -0.05) is 133 Å². The Kier molecular flexibility index (Phi) is 7.72. The van der Waals surface area contributed by atoms with Crippen LogP contribution in [-0.2, 0) is 25.1 Å². The van der Waals surface area contributed by atoms with Crippen LogP contribution in [0.15, 0.2) is 121 Å². The maximum atomic E-state index is 11.9. The van der Waals surface area contributed by atoms with Gasteiger partial charge < -0.3 is 5.11 Å². The molecule has 2 nitrogen and oxygen atoms in total. The molecular formula is C31H29NO. The molecule has 0 aliphatic rings. The van der Waals surface area contributed by atoms with Crippen LogP contribution in [0.1, 0.15) is 22.3 Å². The van der Waals surface area contributed by atoms with E-state index in [1.54, 1.807) is 0 Å². The highest BCUT2D eigenvalue weighted by molar-refractivity contribution is 5.34. The average molecular weight is 432 g/mol. The molecule has 2 heteroatoms. The number of rotatable bonds is 8. The molecule has 0 heterocycles. The van der Waals surface area contributed by atoms with Gasteiger partial charge in [0.1, 0.15) is 0 Å². The lowest BCUT2D eigenvalue weighted by Gasteiger charge is -2.31. The number of hydrogen-bond donors (Lipinski definition) is 1. The summed E-state index contributed by atoms with van der Waals surface area (Å²) < 4.78 is 0. The van der Waals surface area contributed by atoms with Crippen molar-refractivity contribution in [2.75, 3.05) is 6.54 Å². The SMILES string of the molecule is OC(C#CCc1ccccc1)(CN(Cc1ccccc1)Cc1ccccc1)c1ccccc1. The fourth-order valence-corrected chi connectivity index (χ4v) is 3.98. The number of benzene rings is 4. The van der Waals surface area contributed by atoms with Crippen molar-refractivity contribution in [3.63, 3.8) is 0 Å². The largest absolute Gasteiger partial charge is 0.372 e. The number of aliphatic hydroxyl groups is 1. The summed E-state index contributed by atoms with van der Waals surface area (Å²) in [5.41, 5.74) is 3.10. The van der Waals surface area contributed by atoms with Gasteiger partial charge in [-0.2, -0.15) is 0 Å². The van der Waals surface area contributed by atoms with Gasteiger partial charge in [0.05, 0.1) is 0 Å². The predicted octanol–water partition coefficient (Wildman–Crippen LogP) is 5.82. The Hall–Kier alpha value is -3.64. The summed E-state index contributed by atoms with van der Waals surface area (Å²) in [4.78, 5) is 2.27. The minimum absolute atomic E-state index is 0.405. The lowest BCUT2D eigenvalue weighted by molar-refractivity contribution is 0.0451. The van der Waals surface area contributed by atoms with E-state index in [9.17, 15) is 5.11 Å². The van der Waals surface area contributed by atoms with E-state index in [2.05, 4.69) is 77.4 Å². The molecule has 0 aliphatic carbocycles. The molecule has 4 aromatic carbocycles. The highest BCUT2D eigenvalue weighted by Crippen LogP contribution is 2.24. The van der Waals surface area contributed by atoms with Crippen molar-refractivity contribution < 1.29 is 5.11 Å². The van der Waals surface area contributed by atoms with Crippen LogP contribution in [0.25, 0.3) is 0 Å². The average Bonchev–Trinajstić information content (AvgIpc) is 2.86. The summed E-state index contributed by atoms with van der Waals surface area (Å²) in [6, 6.07) is 40.7. The maximum absolute atomic E-state index is 11.9. The van der Waals surface area contributed by atoms with Gasteiger partial charge in [-0.15, -0.1) is 0 Å². The summed E-state index contributed by atoms with van der Waals surface area (Å²) >= 11 is 0. The Labute approximate surface area is 197 Å². The molecule has 4 rings (SSSR count). The van der Waals surface area contributed by atoms with Crippen molar-refractivity contribution in [1.82, 2.24) is 4.90 Å². The van der Waals surface area contributed by atoms with Crippen molar-refractivity contribution in [2.24, 2.45) is 0 Å². The molecule has 0 aromatic heterocycles. The summed E-state index contributed by atoms with van der Waals surface area (Å²) in [5, 5.41) is 11.9. The Morgan fingerprint density at radius 2 is 1.00 bits per heavy atom. The Morgan fingerprint density at radius 1 is 0.576 bits per heavy atom. The molecule has 0 spiro atoms. The third-order valence-electron chi connectivity index (χ3n) is 5.63. The normalized spacial score (nSPS) is 12.5. The quantitative estimate of drug-likeness (QED) is 0.355. The lowest BCUT2D eigenvalue weighted by Crippen LogP contribution is -2.39. The molecule has 1 N–H and O–H groups in total. The second kappa shape index (κ2) is 11.3. The molecule has 33 heavy (non-hydrogen) atoms. The van der Waals surface area contributed by atoms with Crippen molar-refractivity contribution in [2.45, 2.75) is 25.1 Å². The van der Waals surface area contributed by atoms with Crippen molar-refractivity contribution in [3.8, 4) is 11.8 Å². The topological polar surface area (TPSA) is 23.5 Å². The van der Waals surface area contributed by atoms with E-state index in [0.29, 0.717) is 13.0 Å². The highest BCUT2D eigenvalue weighted by Gasteiger charge is 2.30. The first-order valence-electron chi connectivity index (χ1n) is 11.3.